The van der Waals surface area contributed by atoms with Gasteiger partial charge in [-0.25, -0.2) is 0 Å². The Balaban J connectivity index is 1.22. The van der Waals surface area contributed by atoms with Crippen LogP contribution in [0.3, 0.4) is 0 Å². The number of Topliss-reactive ketones (excluding diaryl/α,β-unsaturated/α-hetero) is 1. The first-order chi connectivity index (χ1) is 14.7. The van der Waals surface area contributed by atoms with E-state index < -0.39 is 0 Å². The van der Waals surface area contributed by atoms with E-state index >= 15 is 0 Å². The van der Waals surface area contributed by atoms with E-state index in [1.165, 1.54) is 18.4 Å². The van der Waals surface area contributed by atoms with E-state index in [1.54, 1.807) is 5.56 Å². The summed E-state index contributed by atoms with van der Waals surface area (Å²) in [6.07, 6.45) is 10.0. The van der Waals surface area contributed by atoms with E-state index in [0.29, 0.717) is 43.2 Å². The molecule has 1 amide bonds. The zero-order chi connectivity index (χ0) is 20.6. The number of ether oxygens (including phenoxy) is 1. The molecule has 2 saturated carbocycles. The highest BCUT2D eigenvalue weighted by Gasteiger charge is 2.56. The molecule has 1 heterocycles. The molecular weight excluding hydrogens is 374 g/mol. The molecule has 0 spiro atoms. The molecule has 4 atom stereocenters. The quantitative estimate of drug-likeness (QED) is 0.672. The van der Waals surface area contributed by atoms with Gasteiger partial charge in [0.15, 0.2) is 0 Å². The molecule has 1 aromatic carbocycles. The van der Waals surface area contributed by atoms with E-state index in [4.69, 9.17) is 4.74 Å². The van der Waals surface area contributed by atoms with Crippen LogP contribution in [0.1, 0.15) is 74.8 Å². The van der Waals surface area contributed by atoms with Crippen LogP contribution in [0.15, 0.2) is 24.3 Å². The summed E-state index contributed by atoms with van der Waals surface area (Å²) < 4.78 is 5.35. The minimum Gasteiger partial charge on any atom is -0.378 e. The standard InChI is InChI=1S/C26H35NO3/c28-24-11-10-23-22-9-8-19-5-1-2-6-20(19)21(22)12-14-26(23,24)13-4-3-7-25(29)27-15-17-30-18-16-27/h1-2,5-6,21-23H,3-4,7-18H2/t21-,22-,23+,26+/m1/s1. The lowest BCUT2D eigenvalue weighted by molar-refractivity contribution is -0.135. The average Bonchev–Trinajstić information content (AvgIpc) is 3.13. The summed E-state index contributed by atoms with van der Waals surface area (Å²) in [5, 5.41) is 0. The summed E-state index contributed by atoms with van der Waals surface area (Å²) in [5.74, 6) is 2.69. The predicted octanol–water partition coefficient (Wildman–Crippen LogP) is 4.51. The maximum atomic E-state index is 13.1. The number of aryl methyl sites for hydroxylation is 1. The van der Waals surface area contributed by atoms with E-state index in [9.17, 15) is 9.59 Å². The molecule has 5 rings (SSSR count). The van der Waals surface area contributed by atoms with Crippen LogP contribution >= 0.6 is 0 Å². The molecule has 1 aromatic rings. The number of carbonyl (C=O) groups is 2. The van der Waals surface area contributed by atoms with Gasteiger partial charge in [0.25, 0.3) is 0 Å². The molecule has 3 aliphatic carbocycles. The lowest BCUT2D eigenvalue weighted by atomic mass is 9.54. The summed E-state index contributed by atoms with van der Waals surface area (Å²) >= 11 is 0. The Hall–Kier alpha value is -1.68. The Bertz CT molecular complexity index is 799. The van der Waals surface area contributed by atoms with Crippen molar-refractivity contribution in [2.45, 2.75) is 70.1 Å². The Morgan fingerprint density at radius 3 is 2.77 bits per heavy atom. The molecular formula is C26H35NO3. The van der Waals surface area contributed by atoms with Gasteiger partial charge in [0, 0.05) is 31.3 Å². The smallest absolute Gasteiger partial charge is 0.222 e. The molecule has 0 N–H and O–H groups in total. The Kier molecular flexibility index (Phi) is 5.70. The highest BCUT2D eigenvalue weighted by Crippen LogP contribution is 2.61. The number of hydrogen-bond donors (Lipinski definition) is 0. The van der Waals surface area contributed by atoms with Crippen molar-refractivity contribution < 1.29 is 14.3 Å². The van der Waals surface area contributed by atoms with E-state index in [1.807, 2.05) is 4.90 Å². The monoisotopic (exact) mass is 409 g/mol. The topological polar surface area (TPSA) is 46.6 Å². The van der Waals surface area contributed by atoms with Crippen molar-refractivity contribution in [2.24, 2.45) is 17.3 Å². The van der Waals surface area contributed by atoms with Crippen LogP contribution in [0.4, 0.5) is 0 Å². The van der Waals surface area contributed by atoms with Crippen molar-refractivity contribution in [1.29, 1.82) is 0 Å². The predicted molar refractivity (Wildman–Crippen MR) is 116 cm³/mol. The molecule has 4 aliphatic rings. The summed E-state index contributed by atoms with van der Waals surface area (Å²) in [5.41, 5.74) is 3.02. The molecule has 4 heteroatoms. The normalized spacial score (nSPS) is 33.0. The molecule has 3 fully saturated rings. The van der Waals surface area contributed by atoms with E-state index in [2.05, 4.69) is 24.3 Å². The number of unbranched alkanes of at least 4 members (excludes halogenated alkanes) is 1. The molecule has 1 saturated heterocycles. The highest BCUT2D eigenvalue weighted by atomic mass is 16.5. The number of amides is 1. The molecule has 0 radical (unpaired) electrons. The fourth-order valence-electron chi connectivity index (χ4n) is 7.25. The van der Waals surface area contributed by atoms with E-state index in [0.717, 1.165) is 58.0 Å². The maximum Gasteiger partial charge on any atom is 0.222 e. The number of fused-ring (bicyclic) bond motifs is 5. The number of rotatable bonds is 5. The summed E-state index contributed by atoms with van der Waals surface area (Å²) in [7, 11) is 0. The lowest BCUT2D eigenvalue weighted by Crippen LogP contribution is -2.44. The van der Waals surface area contributed by atoms with Crippen molar-refractivity contribution in [3.8, 4) is 0 Å². The van der Waals surface area contributed by atoms with Crippen LogP contribution < -0.4 is 0 Å². The van der Waals surface area contributed by atoms with Crippen LogP contribution in [0.5, 0.6) is 0 Å². The van der Waals surface area contributed by atoms with Crippen LogP contribution in [0.2, 0.25) is 0 Å². The first-order valence-corrected chi connectivity index (χ1v) is 12.2. The first-order valence-electron chi connectivity index (χ1n) is 12.2. The second-order valence-electron chi connectivity index (χ2n) is 9.97. The van der Waals surface area contributed by atoms with Crippen LogP contribution in [-0.4, -0.2) is 42.9 Å². The van der Waals surface area contributed by atoms with Gasteiger partial charge in [0.05, 0.1) is 13.2 Å². The van der Waals surface area contributed by atoms with Gasteiger partial charge in [-0.2, -0.15) is 0 Å². The second kappa shape index (κ2) is 8.45. The van der Waals surface area contributed by atoms with Crippen LogP contribution in [0.25, 0.3) is 0 Å². The summed E-state index contributed by atoms with van der Waals surface area (Å²) in [6, 6.07) is 9.00. The van der Waals surface area contributed by atoms with Gasteiger partial charge in [-0.15, -0.1) is 0 Å². The number of carbonyl (C=O) groups excluding carboxylic acids is 2. The Morgan fingerprint density at radius 2 is 1.90 bits per heavy atom. The van der Waals surface area contributed by atoms with Crippen molar-refractivity contribution >= 4 is 11.7 Å². The van der Waals surface area contributed by atoms with Gasteiger partial charge in [-0.3, -0.25) is 9.59 Å². The number of benzene rings is 1. The Morgan fingerprint density at radius 1 is 1.07 bits per heavy atom. The fourth-order valence-corrected chi connectivity index (χ4v) is 7.25. The fraction of sp³-hybridized carbons (Fsp3) is 0.692. The first kappa shape index (κ1) is 20.2. The Labute approximate surface area is 180 Å². The van der Waals surface area contributed by atoms with Gasteiger partial charge < -0.3 is 9.64 Å². The van der Waals surface area contributed by atoms with Gasteiger partial charge >= 0.3 is 0 Å². The molecule has 4 nitrogen and oxygen atoms in total. The van der Waals surface area contributed by atoms with Crippen LogP contribution in [-0.2, 0) is 20.7 Å². The summed E-state index contributed by atoms with van der Waals surface area (Å²) in [6.45, 7) is 2.79. The van der Waals surface area contributed by atoms with Crippen molar-refractivity contribution in [3.63, 3.8) is 0 Å². The largest absolute Gasteiger partial charge is 0.378 e. The number of ketones is 1. The number of nitrogens with zero attached hydrogens (tertiary/aromatic N) is 1. The third-order valence-electron chi connectivity index (χ3n) is 8.71. The maximum absolute atomic E-state index is 13.1. The van der Waals surface area contributed by atoms with Gasteiger partial charge in [-0.05, 0) is 73.8 Å². The molecule has 30 heavy (non-hydrogen) atoms. The minimum atomic E-state index is -0.0878. The average molecular weight is 410 g/mol. The minimum absolute atomic E-state index is 0.0878. The van der Waals surface area contributed by atoms with E-state index in [-0.39, 0.29) is 11.3 Å². The SMILES string of the molecule is O=C(CCCC[C@]12CC[C@@H]3c4ccccc4CC[C@H]3[C@@H]1CCC2=O)N1CCOCC1. The van der Waals surface area contributed by atoms with Crippen LogP contribution in [0, 0.1) is 17.3 Å². The number of hydrogen-bond acceptors (Lipinski definition) is 3. The second-order valence-corrected chi connectivity index (χ2v) is 9.97. The summed E-state index contributed by atoms with van der Waals surface area (Å²) in [4.78, 5) is 27.5. The lowest BCUT2D eigenvalue weighted by Gasteiger charge is -2.50. The van der Waals surface area contributed by atoms with Gasteiger partial charge in [0.2, 0.25) is 5.91 Å². The third-order valence-corrected chi connectivity index (χ3v) is 8.71. The molecule has 0 unspecified atom stereocenters. The highest BCUT2D eigenvalue weighted by molar-refractivity contribution is 5.87. The number of morpholine rings is 1. The zero-order valence-electron chi connectivity index (χ0n) is 18.1. The molecule has 0 bridgehead atoms. The molecule has 0 aromatic heterocycles. The third kappa shape index (κ3) is 3.51. The molecule has 162 valence electrons. The molecule has 1 aliphatic heterocycles. The van der Waals surface area contributed by atoms with Crippen molar-refractivity contribution in [1.82, 2.24) is 4.90 Å². The zero-order valence-corrected chi connectivity index (χ0v) is 18.1. The van der Waals surface area contributed by atoms with Crippen molar-refractivity contribution in [3.05, 3.63) is 35.4 Å². The van der Waals surface area contributed by atoms with Gasteiger partial charge in [0.1, 0.15) is 5.78 Å². The van der Waals surface area contributed by atoms with Gasteiger partial charge in [-0.1, -0.05) is 30.7 Å². The van der Waals surface area contributed by atoms with Crippen molar-refractivity contribution in [2.75, 3.05) is 26.3 Å².